The lowest BCUT2D eigenvalue weighted by atomic mass is 9.87. The summed E-state index contributed by atoms with van der Waals surface area (Å²) in [4.78, 5) is 6.72. The van der Waals surface area contributed by atoms with E-state index in [0.29, 0.717) is 11.8 Å². The van der Waals surface area contributed by atoms with Crippen molar-refractivity contribution >= 4 is 5.82 Å². The fourth-order valence-electron chi connectivity index (χ4n) is 2.43. The summed E-state index contributed by atoms with van der Waals surface area (Å²) >= 11 is 0. The minimum atomic E-state index is 0.551. The van der Waals surface area contributed by atoms with Gasteiger partial charge in [0.05, 0.1) is 7.11 Å². The molecule has 2 heterocycles. The van der Waals surface area contributed by atoms with Crippen LogP contribution in [0.5, 0.6) is 5.75 Å². The molecule has 2 atom stereocenters. The van der Waals surface area contributed by atoms with Crippen LogP contribution in [-0.4, -0.2) is 31.7 Å². The molecule has 1 saturated heterocycles. The van der Waals surface area contributed by atoms with Crippen LogP contribution in [0, 0.1) is 11.8 Å². The molecule has 2 rings (SSSR count). The van der Waals surface area contributed by atoms with E-state index in [2.05, 4.69) is 16.8 Å². The molecule has 0 radical (unpaired) electrons. The van der Waals surface area contributed by atoms with E-state index in [-0.39, 0.29) is 0 Å². The molecule has 0 aromatic carbocycles. The number of piperidine rings is 1. The molecule has 4 nitrogen and oxygen atoms in total. The van der Waals surface area contributed by atoms with Crippen LogP contribution in [0.3, 0.4) is 0 Å². The first-order valence-electron chi connectivity index (χ1n) is 6.20. The van der Waals surface area contributed by atoms with Crippen LogP contribution in [-0.2, 0) is 0 Å². The quantitative estimate of drug-likeness (QED) is 0.863. The Kier molecular flexibility index (Phi) is 3.84. The van der Waals surface area contributed by atoms with E-state index in [0.717, 1.165) is 31.2 Å². The van der Waals surface area contributed by atoms with Crippen molar-refractivity contribution in [1.82, 2.24) is 4.98 Å². The molecule has 0 saturated carbocycles. The lowest BCUT2D eigenvalue weighted by molar-refractivity contribution is 0.304. The first kappa shape index (κ1) is 12.2. The van der Waals surface area contributed by atoms with Gasteiger partial charge in [-0.1, -0.05) is 6.92 Å². The second-order valence-corrected chi connectivity index (χ2v) is 4.74. The van der Waals surface area contributed by atoms with Crippen LogP contribution in [0.15, 0.2) is 18.3 Å². The maximum Gasteiger partial charge on any atom is 0.171 e. The molecule has 0 amide bonds. The van der Waals surface area contributed by atoms with Gasteiger partial charge in [-0.25, -0.2) is 4.98 Å². The molecular formula is C13H21N3O. The van der Waals surface area contributed by atoms with Gasteiger partial charge in [0.1, 0.15) is 0 Å². The standard InChI is InChI=1S/C13H21N3O/c1-10-5-7-16(9-11(10)8-14)13-12(17-2)4-3-6-15-13/h3-4,6,10-11H,5,7-9,14H2,1-2H3. The third-order valence-electron chi connectivity index (χ3n) is 3.69. The Morgan fingerprint density at radius 3 is 3.12 bits per heavy atom. The predicted octanol–water partition coefficient (Wildman–Crippen LogP) is 1.51. The molecule has 17 heavy (non-hydrogen) atoms. The number of hydrogen-bond donors (Lipinski definition) is 1. The summed E-state index contributed by atoms with van der Waals surface area (Å²) in [5, 5.41) is 0. The molecular weight excluding hydrogens is 214 g/mol. The number of anilines is 1. The van der Waals surface area contributed by atoms with Gasteiger partial charge in [-0.15, -0.1) is 0 Å². The van der Waals surface area contributed by atoms with Crippen LogP contribution in [0.25, 0.3) is 0 Å². The monoisotopic (exact) mass is 235 g/mol. The zero-order chi connectivity index (χ0) is 12.3. The molecule has 2 N–H and O–H groups in total. The van der Waals surface area contributed by atoms with Crippen LogP contribution in [0.4, 0.5) is 5.82 Å². The van der Waals surface area contributed by atoms with Crippen molar-refractivity contribution in [2.24, 2.45) is 17.6 Å². The summed E-state index contributed by atoms with van der Waals surface area (Å²) in [6.07, 6.45) is 2.98. The number of hydrogen-bond acceptors (Lipinski definition) is 4. The highest BCUT2D eigenvalue weighted by molar-refractivity contribution is 5.52. The van der Waals surface area contributed by atoms with Crippen LogP contribution >= 0.6 is 0 Å². The number of rotatable bonds is 3. The number of ether oxygens (including phenoxy) is 1. The third-order valence-corrected chi connectivity index (χ3v) is 3.69. The third kappa shape index (κ3) is 2.52. The number of pyridine rings is 1. The van der Waals surface area contributed by atoms with Gasteiger partial charge in [0.2, 0.25) is 0 Å². The number of aromatic nitrogens is 1. The smallest absolute Gasteiger partial charge is 0.171 e. The summed E-state index contributed by atoms with van der Waals surface area (Å²) in [6.45, 7) is 5.04. The van der Waals surface area contributed by atoms with Crippen molar-refractivity contribution in [3.05, 3.63) is 18.3 Å². The fraction of sp³-hybridized carbons (Fsp3) is 0.615. The molecule has 94 valence electrons. The Hall–Kier alpha value is -1.29. The van der Waals surface area contributed by atoms with E-state index < -0.39 is 0 Å². The van der Waals surface area contributed by atoms with Gasteiger partial charge in [-0.2, -0.15) is 0 Å². The molecule has 0 aliphatic carbocycles. The summed E-state index contributed by atoms with van der Waals surface area (Å²) in [7, 11) is 1.69. The lowest BCUT2D eigenvalue weighted by Gasteiger charge is -2.37. The highest BCUT2D eigenvalue weighted by Gasteiger charge is 2.27. The molecule has 1 aromatic rings. The molecule has 1 fully saturated rings. The zero-order valence-corrected chi connectivity index (χ0v) is 10.6. The molecule has 0 spiro atoms. The minimum absolute atomic E-state index is 0.551. The van der Waals surface area contributed by atoms with E-state index in [1.165, 1.54) is 6.42 Å². The number of nitrogens with zero attached hydrogens (tertiary/aromatic N) is 2. The molecule has 1 aliphatic heterocycles. The van der Waals surface area contributed by atoms with Gasteiger partial charge in [0.15, 0.2) is 11.6 Å². The van der Waals surface area contributed by atoms with Gasteiger partial charge in [0.25, 0.3) is 0 Å². The van der Waals surface area contributed by atoms with E-state index in [1.54, 1.807) is 7.11 Å². The SMILES string of the molecule is COc1cccnc1N1CCC(C)C(CN)C1. The van der Waals surface area contributed by atoms with Crippen molar-refractivity contribution < 1.29 is 4.74 Å². The van der Waals surface area contributed by atoms with Crippen LogP contribution in [0.1, 0.15) is 13.3 Å². The Bertz CT molecular complexity index is 369. The van der Waals surface area contributed by atoms with Crippen molar-refractivity contribution in [2.45, 2.75) is 13.3 Å². The van der Waals surface area contributed by atoms with E-state index in [1.807, 2.05) is 18.3 Å². The van der Waals surface area contributed by atoms with Gasteiger partial charge in [-0.05, 0) is 36.9 Å². The average Bonchev–Trinajstić information content (AvgIpc) is 2.39. The van der Waals surface area contributed by atoms with Gasteiger partial charge in [-0.3, -0.25) is 0 Å². The maximum absolute atomic E-state index is 5.83. The Morgan fingerprint density at radius 2 is 2.41 bits per heavy atom. The van der Waals surface area contributed by atoms with Crippen molar-refractivity contribution in [1.29, 1.82) is 0 Å². The highest BCUT2D eigenvalue weighted by atomic mass is 16.5. The molecule has 2 unspecified atom stereocenters. The lowest BCUT2D eigenvalue weighted by Crippen LogP contribution is -2.43. The molecule has 1 aromatic heterocycles. The van der Waals surface area contributed by atoms with E-state index in [4.69, 9.17) is 10.5 Å². The van der Waals surface area contributed by atoms with Crippen LogP contribution in [0.2, 0.25) is 0 Å². The van der Waals surface area contributed by atoms with Gasteiger partial charge < -0.3 is 15.4 Å². The van der Waals surface area contributed by atoms with Crippen molar-refractivity contribution in [3.63, 3.8) is 0 Å². The Labute approximate surface area is 103 Å². The highest BCUT2D eigenvalue weighted by Crippen LogP contribution is 2.30. The first-order valence-corrected chi connectivity index (χ1v) is 6.20. The summed E-state index contributed by atoms with van der Waals surface area (Å²) in [5.74, 6) is 3.04. The second kappa shape index (κ2) is 5.36. The topological polar surface area (TPSA) is 51.4 Å². The number of nitrogens with two attached hydrogens (primary N) is 1. The molecule has 4 heteroatoms. The predicted molar refractivity (Wildman–Crippen MR) is 69.3 cm³/mol. The fourth-order valence-corrected chi connectivity index (χ4v) is 2.43. The molecule has 0 bridgehead atoms. The van der Waals surface area contributed by atoms with Crippen molar-refractivity contribution in [2.75, 3.05) is 31.6 Å². The van der Waals surface area contributed by atoms with Crippen LogP contribution < -0.4 is 15.4 Å². The number of methoxy groups -OCH3 is 1. The normalized spacial score (nSPS) is 24.8. The van der Waals surface area contributed by atoms with E-state index >= 15 is 0 Å². The maximum atomic E-state index is 5.83. The van der Waals surface area contributed by atoms with Crippen molar-refractivity contribution in [3.8, 4) is 5.75 Å². The van der Waals surface area contributed by atoms with Gasteiger partial charge >= 0.3 is 0 Å². The largest absolute Gasteiger partial charge is 0.493 e. The Morgan fingerprint density at radius 1 is 1.59 bits per heavy atom. The first-order chi connectivity index (χ1) is 8.26. The minimum Gasteiger partial charge on any atom is -0.493 e. The summed E-state index contributed by atoms with van der Waals surface area (Å²) in [6, 6.07) is 3.85. The second-order valence-electron chi connectivity index (χ2n) is 4.74. The summed E-state index contributed by atoms with van der Waals surface area (Å²) < 4.78 is 5.36. The van der Waals surface area contributed by atoms with Gasteiger partial charge in [0, 0.05) is 19.3 Å². The summed E-state index contributed by atoms with van der Waals surface area (Å²) in [5.41, 5.74) is 5.83. The average molecular weight is 235 g/mol. The molecule has 1 aliphatic rings. The Balaban J connectivity index is 2.17. The van der Waals surface area contributed by atoms with E-state index in [9.17, 15) is 0 Å². The zero-order valence-electron chi connectivity index (χ0n) is 10.6.